The van der Waals surface area contributed by atoms with Gasteiger partial charge in [-0.05, 0) is 0 Å². The van der Waals surface area contributed by atoms with E-state index in [2.05, 4.69) is 29.9 Å². The van der Waals surface area contributed by atoms with E-state index in [0.29, 0.717) is 0 Å². The number of aromatic nitrogens is 8. The van der Waals surface area contributed by atoms with Crippen molar-refractivity contribution in [2.45, 2.75) is 55.5 Å². The smallest absolute Gasteiger partial charge is 0.394 e. The van der Waals surface area contributed by atoms with Gasteiger partial charge in [-0.1, -0.05) is 0 Å². The molecule has 6 rings (SSSR count). The highest BCUT2D eigenvalue weighted by molar-refractivity contribution is 7.47. The number of ether oxygens (including phenoxy) is 2. The Morgan fingerprint density at radius 1 is 1.00 bits per heavy atom. The number of hydrogen-bond donors (Lipinski definition) is 7. The molecule has 8 N–H and O–H groups in total. The summed E-state index contributed by atoms with van der Waals surface area (Å²) in [5.41, 5.74) is 5.59. The monoisotopic (exact) mass is 674 g/mol. The van der Waals surface area contributed by atoms with E-state index in [0.717, 1.165) is 12.7 Å². The number of phosphoric acid groups is 1. The van der Waals surface area contributed by atoms with Crippen LogP contribution >= 0.6 is 16.1 Å². The quantitative estimate of drug-likeness (QED) is 0.0844. The maximum Gasteiger partial charge on any atom is 0.695 e. The summed E-state index contributed by atoms with van der Waals surface area (Å²) in [5.74, 6) is 0.0672. The van der Waals surface area contributed by atoms with Crippen LogP contribution in [-0.4, -0.2) is 114 Å². The number of hydrogen-bond acceptors (Lipinski definition) is 17. The van der Waals surface area contributed by atoms with Crippen LogP contribution in [0.5, 0.6) is 0 Å². The summed E-state index contributed by atoms with van der Waals surface area (Å²) in [7, 11) is -8.21. The minimum Gasteiger partial charge on any atom is -0.394 e. The van der Waals surface area contributed by atoms with Gasteiger partial charge in [0.15, 0.2) is 41.2 Å². The van der Waals surface area contributed by atoms with E-state index in [4.69, 9.17) is 28.8 Å². The van der Waals surface area contributed by atoms with Crippen molar-refractivity contribution < 1.29 is 57.3 Å². The summed E-state index contributed by atoms with van der Waals surface area (Å²) in [5, 5.41) is 31.3. The Morgan fingerprint density at radius 3 is 2.42 bits per heavy atom. The number of anilines is 1. The number of imidazole rings is 2. The molecule has 242 valence electrons. The number of nitrogens with zero attached hydrogens (tertiary/aromatic N) is 7. The largest absolute Gasteiger partial charge is 0.695 e. The fourth-order valence-electron chi connectivity index (χ4n) is 5.20. The molecule has 4 aromatic heterocycles. The lowest BCUT2D eigenvalue weighted by Gasteiger charge is -2.24. The molecule has 2 saturated heterocycles. The minimum absolute atomic E-state index is 0.0106. The molecule has 6 heterocycles. The molecule has 0 aliphatic carbocycles. The fourth-order valence-corrected chi connectivity index (χ4v) is 6.60. The average Bonchev–Trinajstić information content (AvgIpc) is 3.75. The van der Waals surface area contributed by atoms with Crippen molar-refractivity contribution in [1.29, 1.82) is 0 Å². The summed E-state index contributed by atoms with van der Waals surface area (Å²) in [6, 6.07) is 0. The molecular formula is C21H26N9O13P2+. The van der Waals surface area contributed by atoms with Gasteiger partial charge in [0.05, 0.1) is 38.3 Å². The maximum absolute atomic E-state index is 13.0. The molecule has 0 amide bonds. The van der Waals surface area contributed by atoms with Gasteiger partial charge in [0.25, 0.3) is 5.56 Å². The predicted octanol–water partition coefficient (Wildman–Crippen LogP) is -2.02. The standard InChI is InChI=1S/C21H25N9O13P2/c22-16-10-17(24-4-23-16)29(6-27-10)20-13(33)14(42-44(35)36)8(40-20)1-2-39-45(37,38)43-15-12(32)9(3-31)41-21(15)30-7-28-11-18(30)25-5-26-19(11)34/h4-9,12-15,20-21,31-33H,1-3H2,(H4-,22,23,24,25,26,34,35,36,37,38)/p+1/t8-,9-,12-,13-,14-,15-,20-,21-/m1/s1. The van der Waals surface area contributed by atoms with E-state index >= 15 is 0 Å². The van der Waals surface area contributed by atoms with Gasteiger partial charge in [-0.15, -0.1) is 9.42 Å². The number of nitrogens with one attached hydrogen (secondary N) is 1. The molecule has 24 heteroatoms. The SMILES string of the molecule is Nc1ncnc2c1ncn2[C@@H]1O[C@H](CCOP(=O)(O)O[C@@H]2[C@H](O)[C@@H](CO)O[C@H]2n2cnc3c(=O)[nH]cnc32)[C@@H](O[P+](=O)O)[C@H]1O. The predicted molar refractivity (Wildman–Crippen MR) is 145 cm³/mol. The molecule has 2 fully saturated rings. The second-order valence-corrected chi connectivity index (χ2v) is 12.0. The van der Waals surface area contributed by atoms with E-state index in [1.165, 1.54) is 21.8 Å². The normalized spacial score (nSPS) is 30.3. The zero-order valence-corrected chi connectivity index (χ0v) is 24.4. The number of aliphatic hydroxyl groups excluding tert-OH is 3. The Bertz CT molecular complexity index is 1820. The van der Waals surface area contributed by atoms with Gasteiger partial charge >= 0.3 is 16.1 Å². The number of phosphoric ester groups is 1. The Kier molecular flexibility index (Phi) is 8.73. The topological polar surface area (TPSA) is 315 Å². The summed E-state index contributed by atoms with van der Waals surface area (Å²) >= 11 is 0. The zero-order valence-electron chi connectivity index (χ0n) is 22.7. The van der Waals surface area contributed by atoms with Gasteiger partial charge in [0.1, 0.15) is 36.3 Å². The molecule has 2 unspecified atom stereocenters. The highest BCUT2D eigenvalue weighted by Gasteiger charge is 2.51. The number of rotatable bonds is 11. The number of nitrogens with two attached hydrogens (primary N) is 1. The number of nitrogen functional groups attached to an aromatic ring is 1. The molecular weight excluding hydrogens is 648 g/mol. The van der Waals surface area contributed by atoms with Crippen molar-refractivity contribution in [3.8, 4) is 0 Å². The van der Waals surface area contributed by atoms with Crippen molar-refractivity contribution in [2.75, 3.05) is 18.9 Å². The lowest BCUT2D eigenvalue weighted by atomic mass is 10.1. The van der Waals surface area contributed by atoms with Crippen LogP contribution in [0.2, 0.25) is 0 Å². The summed E-state index contributed by atoms with van der Waals surface area (Å²) < 4.78 is 53.9. The molecule has 10 atom stereocenters. The number of H-pyrrole nitrogens is 1. The highest BCUT2D eigenvalue weighted by Crippen LogP contribution is 2.50. The molecule has 0 aromatic carbocycles. The number of aromatic amines is 1. The zero-order chi connectivity index (χ0) is 32.0. The molecule has 2 aliphatic heterocycles. The Balaban J connectivity index is 1.16. The second-order valence-electron chi connectivity index (χ2n) is 9.90. The van der Waals surface area contributed by atoms with E-state index in [1.54, 1.807) is 0 Å². The van der Waals surface area contributed by atoms with E-state index < -0.39 is 83.9 Å². The highest BCUT2D eigenvalue weighted by atomic mass is 31.2. The second kappa shape index (κ2) is 12.4. The lowest BCUT2D eigenvalue weighted by molar-refractivity contribution is -0.0528. The summed E-state index contributed by atoms with van der Waals surface area (Å²) in [4.78, 5) is 54.4. The van der Waals surface area contributed by atoms with Crippen LogP contribution in [0.1, 0.15) is 18.9 Å². The number of aliphatic hydroxyl groups is 3. The summed E-state index contributed by atoms with van der Waals surface area (Å²) in [6.07, 6.45) is -6.71. The van der Waals surface area contributed by atoms with Gasteiger partial charge in [-0.25, -0.2) is 29.5 Å². The van der Waals surface area contributed by atoms with Gasteiger partial charge in [-0.2, -0.15) is 0 Å². The third kappa shape index (κ3) is 5.99. The molecule has 45 heavy (non-hydrogen) atoms. The summed E-state index contributed by atoms with van der Waals surface area (Å²) in [6.45, 7) is -1.25. The lowest BCUT2D eigenvalue weighted by Crippen LogP contribution is -2.35. The van der Waals surface area contributed by atoms with Crippen LogP contribution < -0.4 is 11.3 Å². The third-order valence-corrected chi connectivity index (χ3v) is 8.67. The molecule has 0 radical (unpaired) electrons. The van der Waals surface area contributed by atoms with Gasteiger partial charge < -0.3 is 40.4 Å². The Labute approximate surface area is 250 Å². The van der Waals surface area contributed by atoms with Crippen LogP contribution in [0, 0.1) is 0 Å². The molecule has 0 bridgehead atoms. The van der Waals surface area contributed by atoms with Gasteiger partial charge in [0, 0.05) is 11.0 Å². The third-order valence-electron chi connectivity index (χ3n) is 7.23. The molecule has 0 spiro atoms. The Hall–Kier alpha value is -3.37. The van der Waals surface area contributed by atoms with E-state index in [9.17, 15) is 39.0 Å². The van der Waals surface area contributed by atoms with Crippen LogP contribution in [0.25, 0.3) is 22.3 Å². The first-order valence-corrected chi connectivity index (χ1v) is 15.7. The maximum atomic E-state index is 13.0. The molecule has 22 nitrogen and oxygen atoms in total. The van der Waals surface area contributed by atoms with Crippen LogP contribution in [0.3, 0.4) is 0 Å². The fraction of sp³-hybridized carbons (Fsp3) is 0.524. The van der Waals surface area contributed by atoms with Gasteiger partial charge in [0.2, 0.25) is 0 Å². The van der Waals surface area contributed by atoms with Crippen molar-refractivity contribution >= 4 is 44.2 Å². The number of fused-ring (bicyclic) bond motifs is 2. The molecule has 0 saturated carbocycles. The van der Waals surface area contributed by atoms with Crippen molar-refractivity contribution in [3.63, 3.8) is 0 Å². The van der Waals surface area contributed by atoms with Gasteiger partial charge in [-0.3, -0.25) is 23.0 Å². The van der Waals surface area contributed by atoms with Crippen molar-refractivity contribution in [1.82, 2.24) is 39.0 Å². The van der Waals surface area contributed by atoms with Crippen molar-refractivity contribution in [3.05, 3.63) is 35.7 Å². The first-order chi connectivity index (χ1) is 21.5. The molecule has 2 aliphatic rings. The Morgan fingerprint density at radius 2 is 1.69 bits per heavy atom. The first-order valence-electron chi connectivity index (χ1n) is 13.1. The van der Waals surface area contributed by atoms with Crippen LogP contribution in [0.4, 0.5) is 5.82 Å². The van der Waals surface area contributed by atoms with E-state index in [1.807, 2.05) is 0 Å². The minimum atomic E-state index is -5.00. The van der Waals surface area contributed by atoms with Crippen molar-refractivity contribution in [2.24, 2.45) is 0 Å². The van der Waals surface area contributed by atoms with E-state index in [-0.39, 0.29) is 34.6 Å². The molecule has 4 aromatic rings. The average molecular weight is 674 g/mol. The first kappa shape index (κ1) is 31.6. The van der Waals surface area contributed by atoms with Crippen LogP contribution in [0.15, 0.2) is 30.1 Å². The van der Waals surface area contributed by atoms with Crippen LogP contribution in [-0.2, 0) is 32.2 Å².